The second-order valence-electron chi connectivity index (χ2n) is 2.90. The van der Waals surface area contributed by atoms with Crippen LogP contribution in [0, 0.1) is 24.0 Å². The van der Waals surface area contributed by atoms with Gasteiger partial charge < -0.3 is 4.55 Å². The smallest absolute Gasteiger partial charge is 0.768 e. The van der Waals surface area contributed by atoms with Crippen LogP contribution in [-0.4, -0.2) is 13.7 Å². The van der Waals surface area contributed by atoms with Crippen molar-refractivity contribution in [3.8, 4) is 0 Å². The first kappa shape index (κ1) is 14.7. The Morgan fingerprint density at radius 1 is 1.27 bits per heavy atom. The van der Waals surface area contributed by atoms with Gasteiger partial charge in [0.15, 0.2) is 0 Å². The van der Waals surface area contributed by atoms with E-state index in [0.717, 1.165) is 5.56 Å². The number of nitrogens with zero attached hydrogens (tertiary/aromatic N) is 1. The summed E-state index contributed by atoms with van der Waals surface area (Å²) in [6, 6.07) is 2.57. The zero-order chi connectivity index (χ0) is 10.9. The van der Waals surface area contributed by atoms with Gasteiger partial charge in [-0.05, 0) is 42.1 Å². The molecule has 76 valence electrons. The minimum absolute atomic E-state index is 0. The Labute approximate surface area is 112 Å². The normalized spacial score (nSPS) is 11.7. The minimum Gasteiger partial charge on any atom is -0.768 e. The third kappa shape index (κ3) is 3.35. The molecule has 0 aliphatic rings. The van der Waals surface area contributed by atoms with Crippen molar-refractivity contribution in [1.29, 1.82) is 0 Å². The number of aryl methyl sites for hydroxylation is 2. The van der Waals surface area contributed by atoms with Gasteiger partial charge in [0.05, 0.1) is 4.92 Å². The van der Waals surface area contributed by atoms with Gasteiger partial charge in [-0.25, -0.2) is 0 Å². The number of hydrogen-bond acceptors (Lipinski definition) is 4. The van der Waals surface area contributed by atoms with Crippen LogP contribution in [0.15, 0.2) is 17.0 Å². The molecular weight excluding hydrogens is 229 g/mol. The zero-order valence-electron chi connectivity index (χ0n) is 8.64. The van der Waals surface area contributed by atoms with Crippen molar-refractivity contribution in [2.75, 3.05) is 0 Å². The molecule has 0 spiro atoms. The molecule has 0 heterocycles. The predicted molar refractivity (Wildman–Crippen MR) is 49.8 cm³/mol. The maximum atomic E-state index is 10.7. The number of nitro groups is 1. The van der Waals surface area contributed by atoms with E-state index in [4.69, 9.17) is 0 Å². The van der Waals surface area contributed by atoms with E-state index in [2.05, 4.69) is 0 Å². The van der Waals surface area contributed by atoms with Gasteiger partial charge >= 0.3 is 29.6 Å². The van der Waals surface area contributed by atoms with E-state index >= 15 is 0 Å². The van der Waals surface area contributed by atoms with Crippen LogP contribution in [0.25, 0.3) is 0 Å². The summed E-state index contributed by atoms with van der Waals surface area (Å²) >= 11 is -2.57. The fraction of sp³-hybridized carbons (Fsp3) is 0.250. The molecular formula is C8H8NNaO4S. The van der Waals surface area contributed by atoms with Gasteiger partial charge in [0, 0.05) is 6.07 Å². The van der Waals surface area contributed by atoms with Gasteiger partial charge in [-0.2, -0.15) is 0 Å². The molecule has 0 fully saturated rings. The van der Waals surface area contributed by atoms with E-state index in [9.17, 15) is 18.9 Å². The molecule has 0 aromatic heterocycles. The largest absolute Gasteiger partial charge is 1.00 e. The quantitative estimate of drug-likeness (QED) is 0.270. The molecule has 0 amide bonds. The van der Waals surface area contributed by atoms with Gasteiger partial charge in [-0.3, -0.25) is 14.3 Å². The molecule has 0 saturated heterocycles. The SMILES string of the molecule is Cc1cc([N+](=O)[O-])c(S(=O)[O-])cc1C.[Na+]. The van der Waals surface area contributed by atoms with Crippen LogP contribution in [0.4, 0.5) is 5.69 Å². The molecule has 0 saturated carbocycles. The molecule has 0 aliphatic heterocycles. The second kappa shape index (κ2) is 5.72. The molecule has 1 aromatic rings. The monoisotopic (exact) mass is 237 g/mol. The standard InChI is InChI=1S/C8H9NO4S.Na/c1-5-3-7(9(10)11)8(14(12)13)4-6(5)2;/h3-4H,1-2H3,(H,12,13);/q;+1/p-1. The molecule has 0 aliphatic carbocycles. The Hall–Kier alpha value is -0.270. The van der Waals surface area contributed by atoms with Crippen LogP contribution < -0.4 is 29.6 Å². The van der Waals surface area contributed by atoms with Crippen LogP contribution in [0.5, 0.6) is 0 Å². The molecule has 5 nitrogen and oxygen atoms in total. The summed E-state index contributed by atoms with van der Waals surface area (Å²) in [6.45, 7) is 3.40. The number of hydrogen-bond donors (Lipinski definition) is 0. The molecule has 0 N–H and O–H groups in total. The van der Waals surface area contributed by atoms with Gasteiger partial charge in [-0.1, -0.05) is 0 Å². The van der Waals surface area contributed by atoms with E-state index in [0.29, 0.717) is 5.56 Å². The van der Waals surface area contributed by atoms with Crippen molar-refractivity contribution < 1.29 is 43.2 Å². The molecule has 0 radical (unpaired) electrons. The number of benzene rings is 1. The Bertz CT molecular complexity index is 382. The fourth-order valence-corrected chi connectivity index (χ4v) is 1.63. The van der Waals surface area contributed by atoms with Crippen LogP contribution in [0.2, 0.25) is 0 Å². The molecule has 1 aromatic carbocycles. The van der Waals surface area contributed by atoms with E-state index < -0.39 is 16.0 Å². The summed E-state index contributed by atoms with van der Waals surface area (Å²) < 4.78 is 21.4. The van der Waals surface area contributed by atoms with Crippen molar-refractivity contribution in [3.05, 3.63) is 33.4 Å². The first-order valence-corrected chi connectivity index (χ1v) is 4.86. The van der Waals surface area contributed by atoms with Crippen LogP contribution >= 0.6 is 0 Å². The zero-order valence-corrected chi connectivity index (χ0v) is 11.5. The minimum atomic E-state index is -2.57. The summed E-state index contributed by atoms with van der Waals surface area (Å²) in [5.74, 6) is 0. The van der Waals surface area contributed by atoms with Crippen LogP contribution in [0.3, 0.4) is 0 Å². The van der Waals surface area contributed by atoms with Gasteiger partial charge in [0.1, 0.15) is 4.90 Å². The molecule has 7 heteroatoms. The Kier molecular flexibility index (Phi) is 5.61. The van der Waals surface area contributed by atoms with E-state index in [1.165, 1.54) is 12.1 Å². The maximum Gasteiger partial charge on any atom is 1.00 e. The average molecular weight is 237 g/mol. The Morgan fingerprint density at radius 3 is 2.13 bits per heavy atom. The fourth-order valence-electron chi connectivity index (χ4n) is 1.05. The third-order valence-corrected chi connectivity index (χ3v) is 2.64. The van der Waals surface area contributed by atoms with Crippen molar-refractivity contribution in [2.45, 2.75) is 18.7 Å². The average Bonchev–Trinajstić information content (AvgIpc) is 2.08. The van der Waals surface area contributed by atoms with Crippen molar-refractivity contribution in [1.82, 2.24) is 0 Å². The predicted octanol–water partition coefficient (Wildman–Crippen LogP) is -1.55. The van der Waals surface area contributed by atoms with E-state index in [1.807, 2.05) is 0 Å². The number of rotatable bonds is 2. The summed E-state index contributed by atoms with van der Waals surface area (Å²) in [5.41, 5.74) is 1.04. The van der Waals surface area contributed by atoms with Crippen LogP contribution in [0.1, 0.15) is 11.1 Å². The molecule has 1 rings (SSSR count). The topological polar surface area (TPSA) is 83.3 Å². The molecule has 0 bridgehead atoms. The van der Waals surface area contributed by atoms with Crippen molar-refractivity contribution in [3.63, 3.8) is 0 Å². The van der Waals surface area contributed by atoms with Crippen molar-refractivity contribution >= 4 is 16.8 Å². The van der Waals surface area contributed by atoms with Gasteiger partial charge in [-0.15, -0.1) is 0 Å². The summed E-state index contributed by atoms with van der Waals surface area (Å²) in [4.78, 5) is 9.56. The summed E-state index contributed by atoms with van der Waals surface area (Å²) in [7, 11) is 0. The molecule has 1 atom stereocenters. The summed E-state index contributed by atoms with van der Waals surface area (Å²) in [6.07, 6.45) is 0. The third-order valence-electron chi connectivity index (χ3n) is 1.95. The van der Waals surface area contributed by atoms with Crippen LogP contribution in [-0.2, 0) is 11.1 Å². The molecule has 1 unspecified atom stereocenters. The van der Waals surface area contributed by atoms with Gasteiger partial charge in [0.2, 0.25) is 0 Å². The number of nitro benzene ring substituents is 1. The first-order valence-electron chi connectivity index (χ1n) is 3.78. The second-order valence-corrected chi connectivity index (χ2v) is 3.81. The Morgan fingerprint density at radius 2 is 1.73 bits per heavy atom. The van der Waals surface area contributed by atoms with Gasteiger partial charge in [0.25, 0.3) is 5.69 Å². The molecule has 15 heavy (non-hydrogen) atoms. The first-order chi connectivity index (χ1) is 6.43. The van der Waals surface area contributed by atoms with Crippen molar-refractivity contribution in [2.24, 2.45) is 0 Å². The van der Waals surface area contributed by atoms with E-state index in [-0.39, 0.29) is 40.1 Å². The maximum absolute atomic E-state index is 10.7. The Balaban J connectivity index is 0.00000196. The summed E-state index contributed by atoms with van der Waals surface area (Å²) in [5, 5.41) is 10.5. The van der Waals surface area contributed by atoms with E-state index in [1.54, 1.807) is 13.8 Å².